The second-order valence-corrected chi connectivity index (χ2v) is 14.3. The topological polar surface area (TPSA) is 0 Å². The van der Waals surface area contributed by atoms with Crippen molar-refractivity contribution in [3.8, 4) is 0 Å². The quantitative estimate of drug-likeness (QED) is 0.556. The molecule has 0 nitrogen and oxygen atoms in total. The number of hydrogen-bond donors (Lipinski definition) is 0. The van der Waals surface area contributed by atoms with Crippen molar-refractivity contribution in [2.45, 2.75) is 91.4 Å². The summed E-state index contributed by atoms with van der Waals surface area (Å²) >= 11 is -0.526. The molecule has 6 aliphatic carbocycles. The Morgan fingerprint density at radius 1 is 0.409 bits per heavy atom. The summed E-state index contributed by atoms with van der Waals surface area (Å²) in [5.74, 6) is 7.30. The Kier molecular flexibility index (Phi) is 3.14. The molecule has 0 aliphatic heterocycles. The van der Waals surface area contributed by atoms with E-state index in [1.165, 1.54) is 49.8 Å². The minimum atomic E-state index is -0.526. The molecular formula is C21H33Al. The SMILES string of the molecule is C1CC2CC1C[CH]2[Al]([CH]1CC2CCC1C2)[CH]1CC2CCC1C2. The highest BCUT2D eigenvalue weighted by Gasteiger charge is 2.58. The van der Waals surface area contributed by atoms with Gasteiger partial charge in [-0.3, -0.25) is 0 Å². The van der Waals surface area contributed by atoms with Crippen LogP contribution >= 0.6 is 0 Å². The molecule has 0 N–H and O–H groups in total. The van der Waals surface area contributed by atoms with E-state index >= 15 is 0 Å². The van der Waals surface area contributed by atoms with Gasteiger partial charge in [-0.15, -0.1) is 0 Å². The van der Waals surface area contributed by atoms with E-state index in [4.69, 9.17) is 0 Å². The van der Waals surface area contributed by atoms with E-state index < -0.39 is 14.1 Å². The van der Waals surface area contributed by atoms with Crippen LogP contribution in [0.4, 0.5) is 0 Å². The number of hydrogen-bond acceptors (Lipinski definition) is 0. The van der Waals surface area contributed by atoms with Crippen molar-refractivity contribution in [2.24, 2.45) is 35.5 Å². The first-order chi connectivity index (χ1) is 10.8. The van der Waals surface area contributed by atoms with Crippen molar-refractivity contribution in [1.29, 1.82) is 0 Å². The molecule has 0 heterocycles. The molecule has 6 saturated carbocycles. The molecular weight excluding hydrogens is 279 g/mol. The van der Waals surface area contributed by atoms with E-state index in [9.17, 15) is 0 Å². The number of rotatable bonds is 3. The molecule has 0 amide bonds. The average molecular weight is 312 g/mol. The zero-order valence-electron chi connectivity index (χ0n) is 14.3. The molecule has 0 aromatic carbocycles. The fraction of sp³-hybridized carbons (Fsp3) is 1.00. The smallest absolute Gasteiger partial charge is 0.0786 e. The van der Waals surface area contributed by atoms with Crippen molar-refractivity contribution in [3.63, 3.8) is 0 Å². The monoisotopic (exact) mass is 312 g/mol. The van der Waals surface area contributed by atoms with Crippen LogP contribution in [-0.4, -0.2) is 14.1 Å². The summed E-state index contributed by atoms with van der Waals surface area (Å²) in [4.78, 5) is 0. The van der Waals surface area contributed by atoms with Crippen LogP contribution in [0.1, 0.15) is 77.0 Å². The second kappa shape index (κ2) is 5.02. The lowest BCUT2D eigenvalue weighted by atomic mass is 9.98. The molecule has 6 rings (SSSR count). The van der Waals surface area contributed by atoms with Crippen LogP contribution in [0.25, 0.3) is 0 Å². The molecule has 22 heavy (non-hydrogen) atoms. The molecule has 6 aliphatic rings. The Morgan fingerprint density at radius 2 is 0.773 bits per heavy atom. The summed E-state index contributed by atoms with van der Waals surface area (Å²) in [6.45, 7) is 0. The third-order valence-electron chi connectivity index (χ3n) is 9.86. The van der Waals surface area contributed by atoms with E-state index in [0.29, 0.717) is 0 Å². The summed E-state index contributed by atoms with van der Waals surface area (Å²) in [7, 11) is 0. The van der Waals surface area contributed by atoms with Crippen LogP contribution in [0.2, 0.25) is 14.3 Å². The summed E-state index contributed by atoms with van der Waals surface area (Å²) in [6, 6.07) is 0. The third-order valence-corrected chi connectivity index (χ3v) is 15.3. The van der Waals surface area contributed by atoms with Crippen LogP contribution in [-0.2, 0) is 0 Å². The predicted octanol–water partition coefficient (Wildman–Crippen LogP) is 6.05. The van der Waals surface area contributed by atoms with Crippen LogP contribution in [0, 0.1) is 35.5 Å². The van der Waals surface area contributed by atoms with E-state index in [1.807, 2.05) is 0 Å². The van der Waals surface area contributed by atoms with Crippen molar-refractivity contribution < 1.29 is 0 Å². The van der Waals surface area contributed by atoms with E-state index in [0.717, 1.165) is 0 Å². The molecule has 9 atom stereocenters. The Hall–Kier alpha value is 0.532. The van der Waals surface area contributed by atoms with Gasteiger partial charge in [0.1, 0.15) is 0 Å². The Morgan fingerprint density at radius 3 is 1.00 bits per heavy atom. The molecule has 6 bridgehead atoms. The van der Waals surface area contributed by atoms with Gasteiger partial charge >= 0.3 is 0 Å². The standard InChI is InChI=1S/3C7H11.Al/c3*1-2-7-4-3-6(1)5-7;/h3*1,6-7H,2-5H2;. The largest absolute Gasteiger partial charge is 0.273 e. The third kappa shape index (κ3) is 1.94. The molecule has 9 unspecified atom stereocenters. The maximum absolute atomic E-state index is 1.73. The van der Waals surface area contributed by atoms with Gasteiger partial charge in [-0.1, -0.05) is 89.9 Å². The Bertz CT molecular complexity index is 392. The van der Waals surface area contributed by atoms with Crippen molar-refractivity contribution in [2.75, 3.05) is 0 Å². The average Bonchev–Trinajstić information content (AvgIpc) is 3.32. The van der Waals surface area contributed by atoms with Crippen molar-refractivity contribution >= 4 is 14.1 Å². The molecule has 0 spiro atoms. The van der Waals surface area contributed by atoms with Crippen molar-refractivity contribution in [1.82, 2.24) is 0 Å². The molecule has 120 valence electrons. The maximum Gasteiger partial charge on any atom is 0.273 e. The number of fused-ring (bicyclic) bond motifs is 6. The summed E-state index contributed by atoms with van der Waals surface area (Å²) in [5.41, 5.74) is 0. The molecule has 0 saturated heterocycles. The van der Waals surface area contributed by atoms with Crippen molar-refractivity contribution in [3.05, 3.63) is 0 Å². The first kappa shape index (κ1) is 13.8. The van der Waals surface area contributed by atoms with Gasteiger partial charge < -0.3 is 0 Å². The predicted molar refractivity (Wildman–Crippen MR) is 93.3 cm³/mol. The second-order valence-electron chi connectivity index (χ2n) is 10.6. The van der Waals surface area contributed by atoms with Crippen LogP contribution in [0.15, 0.2) is 0 Å². The molecule has 1 heteroatoms. The summed E-state index contributed by atoms with van der Waals surface area (Å²) in [6.07, 6.45) is 20.0. The van der Waals surface area contributed by atoms with Crippen LogP contribution in [0.5, 0.6) is 0 Å². The molecule has 0 radical (unpaired) electrons. The van der Waals surface area contributed by atoms with Gasteiger partial charge in [0.25, 0.3) is 14.1 Å². The summed E-state index contributed by atoms with van der Waals surface area (Å²) < 4.78 is 3.98. The lowest BCUT2D eigenvalue weighted by molar-refractivity contribution is 0.405. The minimum absolute atomic E-state index is 0.526. The first-order valence-corrected chi connectivity index (χ1v) is 12.8. The van der Waals surface area contributed by atoms with Crippen LogP contribution < -0.4 is 0 Å². The van der Waals surface area contributed by atoms with E-state index in [-0.39, 0.29) is 0 Å². The normalized spacial score (nSPS) is 58.1. The Labute approximate surface area is 141 Å². The highest BCUT2D eigenvalue weighted by molar-refractivity contribution is 6.64. The lowest BCUT2D eigenvalue weighted by Gasteiger charge is -2.41. The first-order valence-electron chi connectivity index (χ1n) is 10.8. The van der Waals surface area contributed by atoms with E-state index in [1.54, 1.807) is 77.0 Å². The van der Waals surface area contributed by atoms with Gasteiger partial charge in [0.15, 0.2) is 0 Å². The molecule has 6 fully saturated rings. The van der Waals surface area contributed by atoms with Gasteiger partial charge in [0.2, 0.25) is 0 Å². The van der Waals surface area contributed by atoms with Gasteiger partial charge in [0.05, 0.1) is 0 Å². The highest BCUT2D eigenvalue weighted by Crippen LogP contribution is 2.66. The summed E-state index contributed by atoms with van der Waals surface area (Å²) in [5, 5.41) is 0. The van der Waals surface area contributed by atoms with Gasteiger partial charge in [0, 0.05) is 0 Å². The van der Waals surface area contributed by atoms with Crippen LogP contribution in [0.3, 0.4) is 0 Å². The zero-order valence-corrected chi connectivity index (χ0v) is 15.4. The maximum atomic E-state index is 1.73. The fourth-order valence-electron chi connectivity index (χ4n) is 9.25. The Balaban J connectivity index is 1.32. The minimum Gasteiger partial charge on any atom is -0.0786 e. The molecule has 0 aromatic rings. The lowest BCUT2D eigenvalue weighted by Crippen LogP contribution is -2.39. The van der Waals surface area contributed by atoms with Gasteiger partial charge in [-0.2, -0.15) is 0 Å². The fourth-order valence-corrected chi connectivity index (χ4v) is 16.2. The zero-order chi connectivity index (χ0) is 14.3. The molecule has 0 aromatic heterocycles. The van der Waals surface area contributed by atoms with E-state index in [2.05, 4.69) is 0 Å². The highest BCUT2D eigenvalue weighted by atomic mass is 27.2. The van der Waals surface area contributed by atoms with Gasteiger partial charge in [-0.25, -0.2) is 0 Å². The van der Waals surface area contributed by atoms with Gasteiger partial charge in [-0.05, 0) is 37.0 Å².